The first-order chi connectivity index (χ1) is 15.6. The first kappa shape index (κ1) is 19.9. The number of aromatic nitrogens is 4. The Kier molecular flexibility index (Phi) is 5.11. The van der Waals surface area contributed by atoms with Gasteiger partial charge in [0.15, 0.2) is 5.82 Å². The van der Waals surface area contributed by atoms with E-state index in [4.69, 9.17) is 5.10 Å². The van der Waals surface area contributed by atoms with Crippen molar-refractivity contribution in [2.75, 3.05) is 6.54 Å². The molecule has 0 saturated heterocycles. The first-order valence-electron chi connectivity index (χ1n) is 10.7. The summed E-state index contributed by atoms with van der Waals surface area (Å²) in [5, 5.41) is 9.01. The van der Waals surface area contributed by atoms with E-state index in [1.807, 2.05) is 83.3 Å². The van der Waals surface area contributed by atoms with Crippen molar-refractivity contribution in [3.05, 3.63) is 102 Å². The second-order valence-corrected chi connectivity index (χ2v) is 7.99. The quantitative estimate of drug-likeness (QED) is 0.414. The summed E-state index contributed by atoms with van der Waals surface area (Å²) in [4.78, 5) is 16.6. The van der Waals surface area contributed by atoms with E-state index in [0.29, 0.717) is 17.8 Å². The van der Waals surface area contributed by atoms with Crippen LogP contribution in [0.15, 0.2) is 79.3 Å². The number of amides is 1. The minimum absolute atomic E-state index is 0.121. The summed E-state index contributed by atoms with van der Waals surface area (Å²) >= 11 is 0. The van der Waals surface area contributed by atoms with Crippen molar-refractivity contribution in [2.45, 2.75) is 20.3 Å². The highest BCUT2D eigenvalue weighted by molar-refractivity contribution is 5.98. The van der Waals surface area contributed by atoms with Crippen molar-refractivity contribution >= 4 is 16.8 Å². The molecule has 0 saturated carbocycles. The summed E-state index contributed by atoms with van der Waals surface area (Å²) in [5.41, 5.74) is 5.67. The summed E-state index contributed by atoms with van der Waals surface area (Å²) in [6, 6.07) is 20.2. The molecule has 0 aliphatic heterocycles. The Morgan fingerprint density at radius 2 is 1.75 bits per heavy atom. The molecule has 6 heteroatoms. The van der Waals surface area contributed by atoms with Gasteiger partial charge in [0, 0.05) is 36.0 Å². The normalized spacial score (nSPS) is 11.2. The van der Waals surface area contributed by atoms with Gasteiger partial charge in [-0.05, 0) is 56.2 Å². The van der Waals surface area contributed by atoms with Crippen LogP contribution in [0.4, 0.5) is 0 Å². The van der Waals surface area contributed by atoms with E-state index in [0.717, 1.165) is 23.4 Å². The van der Waals surface area contributed by atoms with E-state index in [-0.39, 0.29) is 5.91 Å². The molecule has 0 fully saturated rings. The van der Waals surface area contributed by atoms with Crippen LogP contribution in [-0.4, -0.2) is 31.8 Å². The largest absolute Gasteiger partial charge is 0.361 e. The van der Waals surface area contributed by atoms with Gasteiger partial charge in [-0.25, -0.2) is 4.68 Å². The van der Waals surface area contributed by atoms with E-state index in [1.165, 1.54) is 16.5 Å². The molecule has 0 spiro atoms. The van der Waals surface area contributed by atoms with Gasteiger partial charge in [0.25, 0.3) is 5.91 Å². The van der Waals surface area contributed by atoms with E-state index >= 15 is 0 Å². The van der Waals surface area contributed by atoms with Gasteiger partial charge >= 0.3 is 0 Å². The van der Waals surface area contributed by atoms with Crippen molar-refractivity contribution in [3.8, 4) is 11.5 Å². The van der Waals surface area contributed by atoms with Crippen LogP contribution in [0.3, 0.4) is 0 Å². The fraction of sp³-hybridized carbons (Fsp3) is 0.154. The Morgan fingerprint density at radius 3 is 2.53 bits per heavy atom. The highest BCUT2D eigenvalue weighted by atomic mass is 16.1. The molecule has 0 atom stereocenters. The second kappa shape index (κ2) is 8.23. The van der Waals surface area contributed by atoms with Gasteiger partial charge in [0.1, 0.15) is 5.56 Å². The third-order valence-electron chi connectivity index (χ3n) is 5.75. The lowest BCUT2D eigenvalue weighted by molar-refractivity contribution is 0.0953. The molecule has 2 N–H and O–H groups in total. The topological polar surface area (TPSA) is 67.6 Å². The average Bonchev–Trinajstić information content (AvgIpc) is 3.53. The van der Waals surface area contributed by atoms with Gasteiger partial charge in [0.05, 0.1) is 11.4 Å². The van der Waals surface area contributed by atoms with Crippen molar-refractivity contribution in [1.82, 2.24) is 24.6 Å². The maximum atomic E-state index is 13.3. The Morgan fingerprint density at radius 1 is 1.00 bits per heavy atom. The summed E-state index contributed by atoms with van der Waals surface area (Å²) in [6.07, 6.45) is 6.64. The van der Waals surface area contributed by atoms with E-state index in [2.05, 4.69) is 29.4 Å². The maximum Gasteiger partial charge on any atom is 0.257 e. The number of carbonyl (C=O) groups excluding carboxylic acids is 1. The standard InChI is InChI=1S/C26H25N5O/c1-18-9-11-21(12-10-18)31-26(30-15-5-6-16-30)24(19(2)29-31)25(32)27-14-13-20-17-28-23-8-4-3-7-22(20)23/h3-12,15-17,28H,13-14H2,1-2H3,(H,27,32). The number of nitrogens with zero attached hydrogens (tertiary/aromatic N) is 3. The number of aromatic amines is 1. The molecule has 160 valence electrons. The molecule has 3 aromatic heterocycles. The van der Waals surface area contributed by atoms with E-state index in [1.54, 1.807) is 0 Å². The maximum absolute atomic E-state index is 13.3. The van der Waals surface area contributed by atoms with Crippen LogP contribution in [0.25, 0.3) is 22.4 Å². The fourth-order valence-electron chi connectivity index (χ4n) is 4.10. The number of hydrogen-bond acceptors (Lipinski definition) is 2. The highest BCUT2D eigenvalue weighted by Crippen LogP contribution is 2.23. The number of para-hydroxylation sites is 1. The van der Waals surface area contributed by atoms with E-state index in [9.17, 15) is 4.79 Å². The van der Waals surface area contributed by atoms with Crippen LogP contribution in [0.2, 0.25) is 0 Å². The Labute approximate surface area is 186 Å². The van der Waals surface area contributed by atoms with Gasteiger partial charge < -0.3 is 14.9 Å². The van der Waals surface area contributed by atoms with Crippen molar-refractivity contribution in [2.24, 2.45) is 0 Å². The lowest BCUT2D eigenvalue weighted by Gasteiger charge is -2.11. The lowest BCUT2D eigenvalue weighted by Crippen LogP contribution is -2.27. The summed E-state index contributed by atoms with van der Waals surface area (Å²) in [7, 11) is 0. The number of rotatable bonds is 6. The number of nitrogens with one attached hydrogen (secondary N) is 2. The van der Waals surface area contributed by atoms with Crippen molar-refractivity contribution in [3.63, 3.8) is 0 Å². The van der Waals surface area contributed by atoms with Gasteiger partial charge in [0.2, 0.25) is 0 Å². The molecule has 0 radical (unpaired) electrons. The number of benzene rings is 2. The van der Waals surface area contributed by atoms with Gasteiger partial charge in [-0.1, -0.05) is 35.9 Å². The Hall–Kier alpha value is -4.06. The second-order valence-electron chi connectivity index (χ2n) is 7.99. The minimum Gasteiger partial charge on any atom is -0.361 e. The summed E-state index contributed by atoms with van der Waals surface area (Å²) in [6.45, 7) is 4.48. The SMILES string of the molecule is Cc1ccc(-n2nc(C)c(C(=O)NCCc3c[nH]c4ccccc34)c2-n2cccc2)cc1. The van der Waals surface area contributed by atoms with Crippen LogP contribution in [0.5, 0.6) is 0 Å². The molecule has 0 aliphatic carbocycles. The van der Waals surface area contributed by atoms with Gasteiger partial charge in [-0.3, -0.25) is 4.79 Å². The Balaban J connectivity index is 1.43. The number of carbonyl (C=O) groups is 1. The third kappa shape index (κ3) is 3.60. The monoisotopic (exact) mass is 423 g/mol. The smallest absolute Gasteiger partial charge is 0.257 e. The molecule has 32 heavy (non-hydrogen) atoms. The predicted octanol–water partition coefficient (Wildman–Crippen LogP) is 4.73. The number of fused-ring (bicyclic) bond motifs is 1. The highest BCUT2D eigenvalue weighted by Gasteiger charge is 2.23. The zero-order valence-electron chi connectivity index (χ0n) is 18.2. The van der Waals surface area contributed by atoms with Crippen LogP contribution in [0, 0.1) is 13.8 Å². The van der Waals surface area contributed by atoms with Crippen molar-refractivity contribution < 1.29 is 4.79 Å². The molecule has 6 nitrogen and oxygen atoms in total. The number of hydrogen-bond donors (Lipinski definition) is 2. The van der Waals surface area contributed by atoms with Crippen LogP contribution in [-0.2, 0) is 6.42 Å². The van der Waals surface area contributed by atoms with Crippen LogP contribution >= 0.6 is 0 Å². The zero-order valence-corrected chi connectivity index (χ0v) is 18.2. The summed E-state index contributed by atoms with van der Waals surface area (Å²) in [5.74, 6) is 0.616. The lowest BCUT2D eigenvalue weighted by atomic mass is 10.1. The van der Waals surface area contributed by atoms with Crippen LogP contribution < -0.4 is 5.32 Å². The molecule has 3 heterocycles. The first-order valence-corrected chi connectivity index (χ1v) is 10.7. The molecular weight excluding hydrogens is 398 g/mol. The molecule has 0 aliphatic rings. The zero-order chi connectivity index (χ0) is 22.1. The van der Waals surface area contributed by atoms with Gasteiger partial charge in [-0.15, -0.1) is 0 Å². The molecule has 1 amide bonds. The number of aryl methyl sites for hydroxylation is 2. The van der Waals surface area contributed by atoms with E-state index < -0.39 is 0 Å². The third-order valence-corrected chi connectivity index (χ3v) is 5.75. The fourth-order valence-corrected chi connectivity index (χ4v) is 4.10. The molecule has 5 rings (SSSR count). The molecule has 0 unspecified atom stereocenters. The predicted molar refractivity (Wildman–Crippen MR) is 127 cm³/mol. The Bertz CT molecular complexity index is 1370. The van der Waals surface area contributed by atoms with Crippen LogP contribution in [0.1, 0.15) is 27.2 Å². The molecule has 0 bridgehead atoms. The molecule has 5 aromatic rings. The molecule has 2 aromatic carbocycles. The minimum atomic E-state index is -0.121. The average molecular weight is 424 g/mol. The van der Waals surface area contributed by atoms with Crippen molar-refractivity contribution in [1.29, 1.82) is 0 Å². The van der Waals surface area contributed by atoms with Gasteiger partial charge in [-0.2, -0.15) is 5.10 Å². The number of H-pyrrole nitrogens is 1. The molecular formula is C26H25N5O. The summed E-state index contributed by atoms with van der Waals surface area (Å²) < 4.78 is 3.78.